The van der Waals surface area contributed by atoms with Gasteiger partial charge in [-0.1, -0.05) is 30.4 Å². The van der Waals surface area contributed by atoms with Gasteiger partial charge in [-0.05, 0) is 18.2 Å². The monoisotopic (exact) mass is 325 g/mol. The van der Waals surface area contributed by atoms with Gasteiger partial charge in [-0.2, -0.15) is 0 Å². The number of aliphatic hydroxyl groups is 1. The molecule has 0 radical (unpaired) electrons. The summed E-state index contributed by atoms with van der Waals surface area (Å²) < 4.78 is 4.99. The topological polar surface area (TPSA) is 74.7 Å². The van der Waals surface area contributed by atoms with Crippen molar-refractivity contribution in [1.82, 2.24) is 4.98 Å². The summed E-state index contributed by atoms with van der Waals surface area (Å²) in [4.78, 5) is 18.4. The second-order valence-electron chi connectivity index (χ2n) is 5.35. The number of hydrogen-bond acceptors (Lipinski definition) is 5. The predicted octanol–water partition coefficient (Wildman–Crippen LogP) is 2.43. The van der Waals surface area contributed by atoms with E-state index in [2.05, 4.69) is 10.3 Å². The summed E-state index contributed by atoms with van der Waals surface area (Å²) in [5.74, 6) is 0.767. The Morgan fingerprint density at radius 2 is 2.12 bits per heavy atom. The van der Waals surface area contributed by atoms with Gasteiger partial charge in [0.25, 0.3) is 5.91 Å². The van der Waals surface area contributed by atoms with Gasteiger partial charge in [0.05, 0.1) is 6.61 Å². The molecule has 1 aromatic carbocycles. The first-order chi connectivity index (χ1) is 11.7. The highest BCUT2D eigenvalue weighted by atomic mass is 16.5. The molecule has 0 spiro atoms. The number of hydrogen-bond donors (Lipinski definition) is 2. The summed E-state index contributed by atoms with van der Waals surface area (Å²) in [6.07, 6.45) is 2.74. The maximum atomic E-state index is 12.6. The number of fused-ring (bicyclic) bond motifs is 1. The Bertz CT molecular complexity index is 789. The summed E-state index contributed by atoms with van der Waals surface area (Å²) in [6, 6.07) is 10.6. The zero-order valence-electron chi connectivity index (χ0n) is 13.6. The Hall–Kier alpha value is -2.70. The number of nitrogens with zero attached hydrogens (tertiary/aromatic N) is 2. The quantitative estimate of drug-likeness (QED) is 0.883. The Balaban J connectivity index is 1.95. The van der Waals surface area contributed by atoms with Gasteiger partial charge in [0.1, 0.15) is 11.6 Å². The van der Waals surface area contributed by atoms with Crippen LogP contribution in [0.1, 0.15) is 27.7 Å². The van der Waals surface area contributed by atoms with Crippen molar-refractivity contribution in [3.63, 3.8) is 0 Å². The number of methoxy groups -OCH3 is 1. The van der Waals surface area contributed by atoms with E-state index >= 15 is 0 Å². The number of amides is 1. The molecule has 124 valence electrons. The molecule has 1 aromatic heterocycles. The van der Waals surface area contributed by atoms with Crippen molar-refractivity contribution in [2.24, 2.45) is 0 Å². The van der Waals surface area contributed by atoms with E-state index in [1.165, 1.54) is 4.90 Å². The number of carbonyl (C=O) groups excluding carboxylic acids is 1. The first-order valence-electron chi connectivity index (χ1n) is 7.62. The molecule has 0 saturated heterocycles. The van der Waals surface area contributed by atoms with E-state index in [4.69, 9.17) is 4.74 Å². The lowest BCUT2D eigenvalue weighted by Crippen LogP contribution is -2.28. The molecule has 6 heteroatoms. The third-order valence-electron chi connectivity index (χ3n) is 3.89. The van der Waals surface area contributed by atoms with Crippen LogP contribution >= 0.6 is 0 Å². The number of aromatic nitrogens is 1. The second-order valence-corrected chi connectivity index (χ2v) is 5.35. The van der Waals surface area contributed by atoms with Gasteiger partial charge in [-0.25, -0.2) is 4.98 Å². The molecule has 0 fully saturated rings. The molecular weight excluding hydrogens is 306 g/mol. The molecule has 1 aliphatic rings. The van der Waals surface area contributed by atoms with Gasteiger partial charge >= 0.3 is 0 Å². The highest BCUT2D eigenvalue weighted by Gasteiger charge is 2.37. The van der Waals surface area contributed by atoms with Crippen LogP contribution in [-0.4, -0.2) is 36.8 Å². The smallest absolute Gasteiger partial charge is 0.262 e. The van der Waals surface area contributed by atoms with E-state index in [9.17, 15) is 9.90 Å². The number of rotatable bonds is 5. The number of carbonyl (C=O) groups is 1. The highest BCUT2D eigenvalue weighted by Crippen LogP contribution is 2.35. The SMILES string of the molecule is CNc1nc(N2C(=O)c3ccccc3C2O)ccc1/C=C\COC. The molecule has 2 aromatic rings. The zero-order valence-corrected chi connectivity index (χ0v) is 13.6. The first-order valence-corrected chi connectivity index (χ1v) is 7.62. The Morgan fingerprint density at radius 1 is 1.33 bits per heavy atom. The fraction of sp³-hybridized carbons (Fsp3) is 0.222. The third-order valence-corrected chi connectivity index (χ3v) is 3.89. The van der Waals surface area contributed by atoms with Crippen molar-refractivity contribution in [3.8, 4) is 0 Å². The van der Waals surface area contributed by atoms with Crippen LogP contribution in [0.3, 0.4) is 0 Å². The summed E-state index contributed by atoms with van der Waals surface area (Å²) >= 11 is 0. The van der Waals surface area contributed by atoms with E-state index in [0.29, 0.717) is 29.4 Å². The number of nitrogens with one attached hydrogen (secondary N) is 1. The Morgan fingerprint density at radius 3 is 2.83 bits per heavy atom. The minimum absolute atomic E-state index is 0.254. The zero-order chi connectivity index (χ0) is 17.1. The normalized spacial score (nSPS) is 16.7. The number of aliphatic hydroxyl groups excluding tert-OH is 1. The van der Waals surface area contributed by atoms with Gasteiger partial charge < -0.3 is 15.2 Å². The van der Waals surface area contributed by atoms with E-state index < -0.39 is 6.23 Å². The van der Waals surface area contributed by atoms with Gasteiger partial charge in [-0.15, -0.1) is 0 Å². The average Bonchev–Trinajstić information content (AvgIpc) is 2.87. The van der Waals surface area contributed by atoms with E-state index in [0.717, 1.165) is 5.56 Å². The number of anilines is 2. The van der Waals surface area contributed by atoms with Crippen LogP contribution in [0.4, 0.5) is 11.6 Å². The molecule has 2 N–H and O–H groups in total. The number of pyridine rings is 1. The maximum Gasteiger partial charge on any atom is 0.262 e. The number of benzene rings is 1. The molecule has 2 heterocycles. The molecule has 3 rings (SSSR count). The van der Waals surface area contributed by atoms with Gasteiger partial charge in [0.2, 0.25) is 0 Å². The molecule has 0 saturated carbocycles. The Kier molecular flexibility index (Phi) is 4.59. The molecule has 6 nitrogen and oxygen atoms in total. The molecule has 1 aliphatic heterocycles. The largest absolute Gasteiger partial charge is 0.381 e. The third kappa shape index (κ3) is 2.77. The van der Waals surface area contributed by atoms with Crippen LogP contribution in [-0.2, 0) is 4.74 Å². The lowest BCUT2D eigenvalue weighted by atomic mass is 10.1. The first kappa shape index (κ1) is 16.2. The van der Waals surface area contributed by atoms with Crippen LogP contribution in [0.25, 0.3) is 6.08 Å². The molecule has 1 unspecified atom stereocenters. The van der Waals surface area contributed by atoms with Crippen LogP contribution in [0.2, 0.25) is 0 Å². The number of ether oxygens (including phenoxy) is 1. The second kappa shape index (κ2) is 6.82. The van der Waals surface area contributed by atoms with Crippen LogP contribution in [0.15, 0.2) is 42.5 Å². The van der Waals surface area contributed by atoms with Crippen LogP contribution in [0.5, 0.6) is 0 Å². The van der Waals surface area contributed by atoms with Crippen LogP contribution in [0, 0.1) is 0 Å². The summed E-state index contributed by atoms with van der Waals surface area (Å²) in [7, 11) is 3.39. The van der Waals surface area contributed by atoms with E-state index in [-0.39, 0.29) is 5.91 Å². The van der Waals surface area contributed by atoms with Crippen molar-refractivity contribution in [2.75, 3.05) is 31.0 Å². The van der Waals surface area contributed by atoms with Gasteiger partial charge in [0, 0.05) is 30.8 Å². The molecule has 1 atom stereocenters. The minimum atomic E-state index is -1.03. The summed E-state index contributed by atoms with van der Waals surface area (Å²) in [6.45, 7) is 0.504. The van der Waals surface area contributed by atoms with Crippen LogP contribution < -0.4 is 10.2 Å². The molecular formula is C18H19N3O3. The molecule has 0 aliphatic carbocycles. The summed E-state index contributed by atoms with van der Waals surface area (Å²) in [5, 5.41) is 13.5. The Labute approximate surface area is 140 Å². The van der Waals surface area contributed by atoms with Crippen molar-refractivity contribution in [2.45, 2.75) is 6.23 Å². The predicted molar refractivity (Wildman–Crippen MR) is 92.9 cm³/mol. The van der Waals surface area contributed by atoms with Gasteiger partial charge in [-0.3, -0.25) is 9.69 Å². The fourth-order valence-electron chi connectivity index (χ4n) is 2.73. The molecule has 1 amide bonds. The summed E-state index contributed by atoms with van der Waals surface area (Å²) in [5.41, 5.74) is 1.97. The van der Waals surface area contributed by atoms with Crippen molar-refractivity contribution < 1.29 is 14.6 Å². The lowest BCUT2D eigenvalue weighted by molar-refractivity contribution is 0.0933. The standard InChI is InChI=1S/C18H19N3O3/c1-19-16-12(6-5-11-24-2)9-10-15(20-16)21-17(22)13-7-3-4-8-14(13)18(21)23/h3-10,17,22H,11H2,1-2H3,(H,19,20)/b6-5-. The van der Waals surface area contributed by atoms with Gasteiger partial charge in [0.15, 0.2) is 6.23 Å². The average molecular weight is 325 g/mol. The van der Waals surface area contributed by atoms with Crippen molar-refractivity contribution in [3.05, 3.63) is 59.2 Å². The van der Waals surface area contributed by atoms with E-state index in [1.807, 2.05) is 18.2 Å². The van der Waals surface area contributed by atoms with Crippen molar-refractivity contribution >= 4 is 23.6 Å². The molecule has 0 bridgehead atoms. The highest BCUT2D eigenvalue weighted by molar-refractivity contribution is 6.10. The van der Waals surface area contributed by atoms with Crippen molar-refractivity contribution in [1.29, 1.82) is 0 Å². The molecule has 24 heavy (non-hydrogen) atoms. The fourth-order valence-corrected chi connectivity index (χ4v) is 2.73. The maximum absolute atomic E-state index is 12.6. The minimum Gasteiger partial charge on any atom is -0.381 e. The lowest BCUT2D eigenvalue weighted by Gasteiger charge is -2.21. The van der Waals surface area contributed by atoms with E-state index in [1.54, 1.807) is 44.5 Å².